The van der Waals surface area contributed by atoms with Gasteiger partial charge in [0.05, 0.1) is 13.2 Å². The lowest BCUT2D eigenvalue weighted by atomic mass is 9.50. The third-order valence-corrected chi connectivity index (χ3v) is 5.03. The largest absolute Gasteiger partial charge is 0.385 e. The maximum atomic E-state index is 12.9. The molecule has 1 aromatic carbocycles. The minimum atomic E-state index is -2.38. The molecule has 4 rings (SSSR count). The number of alkyl halides is 2. The van der Waals surface area contributed by atoms with Gasteiger partial charge in [-0.05, 0) is 47.4 Å². The standard InChI is InChI=1S/C16H19F2NO/c17-16(18)9-15(10-16)4-11(5-15)6-19-14-2-1-12-7-20-8-13(12)3-14/h1-3,11,19H,4-10H2. The van der Waals surface area contributed by atoms with Crippen molar-refractivity contribution in [2.75, 3.05) is 11.9 Å². The van der Waals surface area contributed by atoms with Crippen LogP contribution in [-0.2, 0) is 18.0 Å². The molecule has 0 radical (unpaired) electrons. The Morgan fingerprint density at radius 3 is 2.65 bits per heavy atom. The number of rotatable bonds is 3. The summed E-state index contributed by atoms with van der Waals surface area (Å²) in [5.41, 5.74) is 3.64. The predicted octanol–water partition coefficient (Wildman–Crippen LogP) is 3.95. The maximum Gasteiger partial charge on any atom is 0.249 e. The van der Waals surface area contributed by atoms with Gasteiger partial charge in [0.25, 0.3) is 0 Å². The number of halogens is 2. The van der Waals surface area contributed by atoms with E-state index in [9.17, 15) is 8.78 Å². The molecule has 1 aromatic rings. The Bertz CT molecular complexity index is 527. The first-order valence-corrected chi connectivity index (χ1v) is 7.35. The molecule has 4 heteroatoms. The van der Waals surface area contributed by atoms with E-state index in [2.05, 4.69) is 23.5 Å². The summed E-state index contributed by atoms with van der Waals surface area (Å²) in [5.74, 6) is -1.83. The maximum absolute atomic E-state index is 12.9. The number of anilines is 1. The first-order valence-electron chi connectivity index (χ1n) is 7.35. The van der Waals surface area contributed by atoms with Crippen LogP contribution in [-0.4, -0.2) is 12.5 Å². The smallest absolute Gasteiger partial charge is 0.249 e. The average Bonchev–Trinajstić information content (AvgIpc) is 2.77. The van der Waals surface area contributed by atoms with E-state index in [1.807, 2.05) is 0 Å². The fourth-order valence-electron chi connectivity index (χ4n) is 4.19. The highest BCUT2D eigenvalue weighted by molar-refractivity contribution is 5.49. The Kier molecular flexibility index (Phi) is 2.62. The third kappa shape index (κ3) is 2.10. The van der Waals surface area contributed by atoms with Gasteiger partial charge in [0, 0.05) is 25.1 Å². The zero-order valence-corrected chi connectivity index (χ0v) is 11.4. The van der Waals surface area contributed by atoms with Crippen LogP contribution in [0.15, 0.2) is 18.2 Å². The van der Waals surface area contributed by atoms with Crippen LogP contribution in [0, 0.1) is 11.3 Å². The zero-order valence-electron chi connectivity index (χ0n) is 11.4. The topological polar surface area (TPSA) is 21.3 Å². The fraction of sp³-hybridized carbons (Fsp3) is 0.625. The van der Waals surface area contributed by atoms with Crippen LogP contribution in [0.5, 0.6) is 0 Å². The number of nitrogens with one attached hydrogen (secondary N) is 1. The van der Waals surface area contributed by atoms with Crippen LogP contribution in [0.2, 0.25) is 0 Å². The van der Waals surface area contributed by atoms with Crippen molar-refractivity contribution in [2.24, 2.45) is 11.3 Å². The molecule has 3 aliphatic rings. The summed E-state index contributed by atoms with van der Waals surface area (Å²) < 4.78 is 31.3. The normalized spacial score (nSPS) is 25.9. The summed E-state index contributed by atoms with van der Waals surface area (Å²) in [6.07, 6.45) is 2.16. The SMILES string of the molecule is FC1(F)CC2(CC(CNc3ccc4c(c3)COC4)C2)C1. The van der Waals surface area contributed by atoms with Crippen molar-refractivity contribution in [3.8, 4) is 0 Å². The van der Waals surface area contributed by atoms with Crippen LogP contribution in [0.25, 0.3) is 0 Å². The lowest BCUT2D eigenvalue weighted by Crippen LogP contribution is -2.54. The number of ether oxygens (including phenoxy) is 1. The van der Waals surface area contributed by atoms with Crippen molar-refractivity contribution >= 4 is 5.69 Å². The minimum absolute atomic E-state index is 0.0123. The molecule has 2 aliphatic carbocycles. The van der Waals surface area contributed by atoms with Crippen LogP contribution < -0.4 is 5.32 Å². The molecule has 0 unspecified atom stereocenters. The molecule has 2 nitrogen and oxygen atoms in total. The second-order valence-corrected chi connectivity index (χ2v) is 6.84. The van der Waals surface area contributed by atoms with Crippen molar-refractivity contribution in [2.45, 2.75) is 44.8 Å². The highest BCUT2D eigenvalue weighted by Gasteiger charge is 2.61. The van der Waals surface area contributed by atoms with E-state index in [1.54, 1.807) is 0 Å². The molecule has 1 heterocycles. The summed E-state index contributed by atoms with van der Waals surface area (Å²) in [5, 5.41) is 3.44. The van der Waals surface area contributed by atoms with Crippen molar-refractivity contribution < 1.29 is 13.5 Å². The van der Waals surface area contributed by atoms with Gasteiger partial charge in [-0.2, -0.15) is 0 Å². The van der Waals surface area contributed by atoms with Crippen molar-refractivity contribution in [3.05, 3.63) is 29.3 Å². The first-order chi connectivity index (χ1) is 9.54. The van der Waals surface area contributed by atoms with E-state index in [-0.39, 0.29) is 18.3 Å². The van der Waals surface area contributed by atoms with Gasteiger partial charge in [0.15, 0.2) is 0 Å². The molecule has 1 N–H and O–H groups in total. The van der Waals surface area contributed by atoms with Gasteiger partial charge in [-0.25, -0.2) is 8.78 Å². The van der Waals surface area contributed by atoms with E-state index >= 15 is 0 Å². The third-order valence-electron chi connectivity index (χ3n) is 5.03. The Morgan fingerprint density at radius 2 is 1.90 bits per heavy atom. The molecule has 0 amide bonds. The van der Waals surface area contributed by atoms with Crippen LogP contribution in [0.1, 0.15) is 36.8 Å². The van der Waals surface area contributed by atoms with Crippen molar-refractivity contribution in [1.82, 2.24) is 0 Å². The minimum Gasteiger partial charge on any atom is -0.385 e. The number of benzene rings is 1. The van der Waals surface area contributed by atoms with Crippen LogP contribution >= 0.6 is 0 Å². The zero-order chi connectivity index (χ0) is 13.8. The van der Waals surface area contributed by atoms with Gasteiger partial charge in [-0.3, -0.25) is 0 Å². The Labute approximate surface area is 117 Å². The molecule has 0 bridgehead atoms. The molecule has 20 heavy (non-hydrogen) atoms. The van der Waals surface area contributed by atoms with E-state index < -0.39 is 5.92 Å². The predicted molar refractivity (Wildman–Crippen MR) is 72.8 cm³/mol. The van der Waals surface area contributed by atoms with Gasteiger partial charge in [0.2, 0.25) is 5.92 Å². The molecule has 0 saturated heterocycles. The van der Waals surface area contributed by atoms with E-state index in [0.29, 0.717) is 12.5 Å². The van der Waals surface area contributed by atoms with Gasteiger partial charge >= 0.3 is 0 Å². The van der Waals surface area contributed by atoms with Gasteiger partial charge in [0.1, 0.15) is 0 Å². The molecule has 2 saturated carbocycles. The fourth-order valence-corrected chi connectivity index (χ4v) is 4.19. The monoisotopic (exact) mass is 279 g/mol. The van der Waals surface area contributed by atoms with Crippen molar-refractivity contribution in [1.29, 1.82) is 0 Å². The van der Waals surface area contributed by atoms with Crippen LogP contribution in [0.4, 0.5) is 14.5 Å². The summed E-state index contributed by atoms with van der Waals surface area (Å²) >= 11 is 0. The van der Waals surface area contributed by atoms with Gasteiger partial charge in [-0.1, -0.05) is 6.07 Å². The summed E-state index contributed by atoms with van der Waals surface area (Å²) in [6, 6.07) is 6.34. The molecular weight excluding hydrogens is 260 g/mol. The van der Waals surface area contributed by atoms with Crippen molar-refractivity contribution in [3.63, 3.8) is 0 Å². The Morgan fingerprint density at radius 1 is 1.15 bits per heavy atom. The molecule has 0 atom stereocenters. The highest BCUT2D eigenvalue weighted by atomic mass is 19.3. The average molecular weight is 279 g/mol. The van der Waals surface area contributed by atoms with Gasteiger partial charge < -0.3 is 10.1 Å². The lowest BCUT2D eigenvalue weighted by molar-refractivity contribution is -0.204. The highest BCUT2D eigenvalue weighted by Crippen LogP contribution is 2.64. The first kappa shape index (κ1) is 12.6. The second-order valence-electron chi connectivity index (χ2n) is 6.84. The molecule has 1 aliphatic heterocycles. The van der Waals surface area contributed by atoms with E-state index in [1.165, 1.54) is 11.1 Å². The van der Waals surface area contributed by atoms with E-state index in [4.69, 9.17) is 4.74 Å². The molecule has 108 valence electrons. The lowest BCUT2D eigenvalue weighted by Gasteiger charge is -2.57. The molecule has 1 spiro atoms. The van der Waals surface area contributed by atoms with Gasteiger partial charge in [-0.15, -0.1) is 0 Å². The summed E-state index contributed by atoms with van der Waals surface area (Å²) in [4.78, 5) is 0. The summed E-state index contributed by atoms with van der Waals surface area (Å²) in [6.45, 7) is 2.31. The Balaban J connectivity index is 1.28. The second kappa shape index (κ2) is 4.17. The molecule has 2 fully saturated rings. The number of hydrogen-bond donors (Lipinski definition) is 1. The number of fused-ring (bicyclic) bond motifs is 1. The molecular formula is C16H19F2NO. The summed E-state index contributed by atoms with van der Waals surface area (Å²) in [7, 11) is 0. The van der Waals surface area contributed by atoms with Crippen LogP contribution in [0.3, 0.4) is 0 Å². The Hall–Kier alpha value is -1.16. The quantitative estimate of drug-likeness (QED) is 0.904. The molecule has 0 aromatic heterocycles. The number of hydrogen-bond acceptors (Lipinski definition) is 2. The van der Waals surface area contributed by atoms with E-state index in [0.717, 1.165) is 31.7 Å².